The topological polar surface area (TPSA) is 0 Å². The highest BCUT2D eigenvalue weighted by Gasteiger charge is 2.37. The number of rotatable bonds is 2. The number of benzene rings is 2. The summed E-state index contributed by atoms with van der Waals surface area (Å²) in [6.07, 6.45) is -4.63. The van der Waals surface area contributed by atoms with Crippen molar-refractivity contribution in [1.82, 2.24) is 0 Å². The summed E-state index contributed by atoms with van der Waals surface area (Å²) in [7, 11) is 0. The van der Waals surface area contributed by atoms with Gasteiger partial charge in [-0.15, -0.1) is 0 Å². The third kappa shape index (κ3) is 3.06. The predicted molar refractivity (Wildman–Crippen MR) is 71.1 cm³/mol. The van der Waals surface area contributed by atoms with Crippen molar-refractivity contribution in [3.05, 3.63) is 57.9 Å². The van der Waals surface area contributed by atoms with E-state index < -0.39 is 45.3 Å². The zero-order valence-electron chi connectivity index (χ0n) is 11.2. The molecule has 0 nitrogen and oxygen atoms in total. The first kappa shape index (κ1) is 16.7. The van der Waals surface area contributed by atoms with Gasteiger partial charge in [0.25, 0.3) is 0 Å². The molecule has 118 valence electrons. The zero-order valence-corrected chi connectivity index (χ0v) is 11.9. The second kappa shape index (κ2) is 5.83. The predicted octanol–water partition coefficient (Wildman–Crippen LogP) is 6.01. The number of alkyl halides is 3. The van der Waals surface area contributed by atoms with E-state index in [1.165, 1.54) is 0 Å². The molecular formula is C15H9ClF6. The maximum absolute atomic E-state index is 14.0. The first-order valence-corrected chi connectivity index (χ1v) is 6.57. The Kier molecular flexibility index (Phi) is 4.42. The van der Waals surface area contributed by atoms with Gasteiger partial charge in [-0.2, -0.15) is 13.2 Å². The van der Waals surface area contributed by atoms with Crippen molar-refractivity contribution in [3.8, 4) is 11.1 Å². The van der Waals surface area contributed by atoms with Crippen LogP contribution in [0.3, 0.4) is 0 Å². The molecule has 0 spiro atoms. The average Bonchev–Trinajstić information content (AvgIpc) is 2.35. The van der Waals surface area contributed by atoms with Gasteiger partial charge in [-0.1, -0.05) is 18.5 Å². The molecule has 0 aliphatic rings. The molecule has 0 radical (unpaired) electrons. The van der Waals surface area contributed by atoms with E-state index in [4.69, 9.17) is 11.6 Å². The van der Waals surface area contributed by atoms with Crippen LogP contribution in [0.25, 0.3) is 11.1 Å². The third-order valence-corrected chi connectivity index (χ3v) is 3.42. The van der Waals surface area contributed by atoms with E-state index in [9.17, 15) is 26.3 Å². The minimum atomic E-state index is -5.00. The van der Waals surface area contributed by atoms with Crippen LogP contribution in [-0.4, -0.2) is 0 Å². The molecule has 0 amide bonds. The number of hydrogen-bond acceptors (Lipinski definition) is 0. The van der Waals surface area contributed by atoms with Crippen LogP contribution in [0.5, 0.6) is 0 Å². The van der Waals surface area contributed by atoms with E-state index in [-0.39, 0.29) is 0 Å². The minimum Gasteiger partial charge on any atom is -0.206 e. The Bertz CT molecular complexity index is 674. The van der Waals surface area contributed by atoms with Gasteiger partial charge in [-0.3, -0.25) is 0 Å². The van der Waals surface area contributed by atoms with Crippen LogP contribution in [0.2, 0.25) is 5.02 Å². The van der Waals surface area contributed by atoms with Crippen LogP contribution >= 0.6 is 11.6 Å². The molecule has 0 saturated heterocycles. The van der Waals surface area contributed by atoms with Gasteiger partial charge >= 0.3 is 6.18 Å². The Morgan fingerprint density at radius 3 is 1.86 bits per heavy atom. The van der Waals surface area contributed by atoms with Gasteiger partial charge < -0.3 is 0 Å². The normalized spacial score (nSPS) is 11.8. The Morgan fingerprint density at radius 2 is 1.45 bits per heavy atom. The Hall–Kier alpha value is -1.69. The fourth-order valence-electron chi connectivity index (χ4n) is 2.09. The van der Waals surface area contributed by atoms with Gasteiger partial charge in [0.1, 0.15) is 23.0 Å². The van der Waals surface area contributed by atoms with E-state index in [0.717, 1.165) is 12.1 Å². The van der Waals surface area contributed by atoms with Gasteiger partial charge in [0.2, 0.25) is 0 Å². The van der Waals surface area contributed by atoms with E-state index in [0.29, 0.717) is 24.1 Å². The quantitative estimate of drug-likeness (QED) is 0.589. The molecule has 2 aromatic carbocycles. The highest BCUT2D eigenvalue weighted by atomic mass is 35.5. The third-order valence-electron chi connectivity index (χ3n) is 3.12. The largest absolute Gasteiger partial charge is 0.420 e. The molecule has 0 saturated carbocycles. The lowest BCUT2D eigenvalue weighted by molar-refractivity contribution is -0.139. The summed E-state index contributed by atoms with van der Waals surface area (Å²) in [5.41, 5.74) is -2.30. The highest BCUT2D eigenvalue weighted by Crippen LogP contribution is 2.40. The van der Waals surface area contributed by atoms with E-state index in [1.54, 1.807) is 6.92 Å². The second-order valence-electron chi connectivity index (χ2n) is 4.60. The molecule has 0 N–H and O–H groups in total. The smallest absolute Gasteiger partial charge is 0.206 e. The fraction of sp³-hybridized carbons (Fsp3) is 0.200. The van der Waals surface area contributed by atoms with Gasteiger partial charge in [-0.25, -0.2) is 13.2 Å². The molecule has 0 unspecified atom stereocenters. The second-order valence-corrected chi connectivity index (χ2v) is 5.01. The van der Waals surface area contributed by atoms with Crippen molar-refractivity contribution in [2.75, 3.05) is 0 Å². The first-order chi connectivity index (χ1) is 10.1. The molecule has 0 fully saturated rings. The lowest BCUT2D eigenvalue weighted by atomic mass is 9.99. The maximum atomic E-state index is 14.0. The van der Waals surface area contributed by atoms with Gasteiger partial charge in [0, 0.05) is 0 Å². The molecule has 0 bridgehead atoms. The first-order valence-electron chi connectivity index (χ1n) is 6.19. The van der Waals surface area contributed by atoms with Gasteiger partial charge in [-0.05, 0) is 41.8 Å². The maximum Gasteiger partial charge on any atom is 0.420 e. The van der Waals surface area contributed by atoms with E-state index in [2.05, 4.69) is 0 Å². The molecule has 0 aliphatic heterocycles. The molecule has 0 aliphatic carbocycles. The molecule has 2 aromatic rings. The summed E-state index contributed by atoms with van der Waals surface area (Å²) in [6.45, 7) is 1.68. The summed E-state index contributed by atoms with van der Waals surface area (Å²) >= 11 is 5.43. The molecular weight excluding hydrogens is 330 g/mol. The average molecular weight is 339 g/mol. The van der Waals surface area contributed by atoms with Crippen molar-refractivity contribution >= 4 is 11.6 Å². The monoisotopic (exact) mass is 338 g/mol. The van der Waals surface area contributed by atoms with Crippen LogP contribution in [-0.2, 0) is 12.6 Å². The van der Waals surface area contributed by atoms with Crippen molar-refractivity contribution < 1.29 is 26.3 Å². The molecule has 0 aromatic heterocycles. The molecule has 0 atom stereocenters. The number of aryl methyl sites for hydroxylation is 1. The van der Waals surface area contributed by atoms with Crippen LogP contribution in [0.15, 0.2) is 24.3 Å². The summed E-state index contributed by atoms with van der Waals surface area (Å²) < 4.78 is 79.4. The Morgan fingerprint density at radius 1 is 0.909 bits per heavy atom. The van der Waals surface area contributed by atoms with E-state index >= 15 is 0 Å². The summed E-state index contributed by atoms with van der Waals surface area (Å²) in [4.78, 5) is 0. The molecule has 0 heterocycles. The summed E-state index contributed by atoms with van der Waals surface area (Å²) in [5, 5.41) is -0.958. The van der Waals surface area contributed by atoms with Crippen molar-refractivity contribution in [3.63, 3.8) is 0 Å². The van der Waals surface area contributed by atoms with E-state index in [1.807, 2.05) is 0 Å². The lowest BCUT2D eigenvalue weighted by Crippen LogP contribution is -2.09. The number of hydrogen-bond donors (Lipinski definition) is 0. The molecule has 7 heteroatoms. The van der Waals surface area contributed by atoms with Crippen molar-refractivity contribution in [1.29, 1.82) is 0 Å². The minimum absolute atomic E-state index is 0.371. The Balaban J connectivity index is 2.66. The van der Waals surface area contributed by atoms with Crippen molar-refractivity contribution in [2.24, 2.45) is 0 Å². The van der Waals surface area contributed by atoms with Crippen LogP contribution in [0.4, 0.5) is 26.3 Å². The van der Waals surface area contributed by atoms with Crippen LogP contribution in [0.1, 0.15) is 18.1 Å². The highest BCUT2D eigenvalue weighted by molar-refractivity contribution is 6.31. The fourth-order valence-corrected chi connectivity index (χ4v) is 2.41. The summed E-state index contributed by atoms with van der Waals surface area (Å²) in [5.74, 6) is -3.67. The van der Waals surface area contributed by atoms with Gasteiger partial charge in [0.15, 0.2) is 0 Å². The van der Waals surface area contributed by atoms with Crippen LogP contribution in [0, 0.1) is 17.5 Å². The van der Waals surface area contributed by atoms with Gasteiger partial charge in [0.05, 0.1) is 10.6 Å². The van der Waals surface area contributed by atoms with Crippen molar-refractivity contribution in [2.45, 2.75) is 19.5 Å². The molecule has 2 rings (SSSR count). The number of halogens is 7. The standard InChI is InChI=1S/C15H9ClF6/c1-2-7-3-10(17)13(11(18)4-7)8-5-9(16)14(12(19)6-8)15(20,21)22/h3-6H,2H2,1H3. The molecule has 22 heavy (non-hydrogen) atoms. The lowest BCUT2D eigenvalue weighted by Gasteiger charge is -2.13. The summed E-state index contributed by atoms with van der Waals surface area (Å²) in [6, 6.07) is 3.20. The zero-order chi connectivity index (χ0) is 16.7. The van der Waals surface area contributed by atoms with Crippen LogP contribution < -0.4 is 0 Å². The Labute approximate surface area is 127 Å². The SMILES string of the molecule is CCc1cc(F)c(-c2cc(F)c(C(F)(F)F)c(Cl)c2)c(F)c1.